The van der Waals surface area contributed by atoms with Crippen molar-refractivity contribution >= 4 is 11.9 Å². The molecule has 2 atom stereocenters. The monoisotopic (exact) mass is 243 g/mol. The van der Waals surface area contributed by atoms with Gasteiger partial charge in [-0.15, -0.1) is 0 Å². The molecule has 1 saturated carbocycles. The number of hydrogen-bond donors (Lipinski definition) is 1. The maximum Gasteiger partial charge on any atom is 0.323 e. The van der Waals surface area contributed by atoms with E-state index in [4.69, 9.17) is 9.84 Å². The normalized spacial score (nSPS) is 23.6. The SMILES string of the molecule is COCCN(CC(=O)O)C(=O)C1CCCC1C. The first-order chi connectivity index (χ1) is 8.06. The van der Waals surface area contributed by atoms with Crippen molar-refractivity contribution in [2.24, 2.45) is 11.8 Å². The van der Waals surface area contributed by atoms with Crippen LogP contribution in [0.25, 0.3) is 0 Å². The Kier molecular flexibility index (Phi) is 5.41. The number of nitrogens with zero attached hydrogens (tertiary/aromatic N) is 1. The number of methoxy groups -OCH3 is 1. The molecule has 1 aliphatic carbocycles. The number of hydrogen-bond acceptors (Lipinski definition) is 3. The van der Waals surface area contributed by atoms with Gasteiger partial charge in [-0.3, -0.25) is 9.59 Å². The van der Waals surface area contributed by atoms with Gasteiger partial charge in [-0.2, -0.15) is 0 Å². The lowest BCUT2D eigenvalue weighted by atomic mass is 9.96. The summed E-state index contributed by atoms with van der Waals surface area (Å²) in [5.74, 6) is -0.651. The molecule has 1 rings (SSSR count). The zero-order valence-electron chi connectivity index (χ0n) is 10.5. The molecule has 17 heavy (non-hydrogen) atoms. The van der Waals surface area contributed by atoms with Crippen molar-refractivity contribution in [2.45, 2.75) is 26.2 Å². The van der Waals surface area contributed by atoms with E-state index in [1.165, 1.54) is 4.90 Å². The van der Waals surface area contributed by atoms with Crippen LogP contribution in [0.15, 0.2) is 0 Å². The summed E-state index contributed by atoms with van der Waals surface area (Å²) in [4.78, 5) is 24.3. The molecule has 0 aromatic heterocycles. The second-order valence-corrected chi connectivity index (χ2v) is 4.66. The van der Waals surface area contributed by atoms with Crippen molar-refractivity contribution in [2.75, 3.05) is 26.8 Å². The zero-order valence-corrected chi connectivity index (χ0v) is 10.5. The number of carboxylic acids is 1. The topological polar surface area (TPSA) is 66.8 Å². The molecule has 1 N–H and O–H groups in total. The molecule has 0 heterocycles. The second kappa shape index (κ2) is 6.59. The predicted octanol–water partition coefficient (Wildman–Crippen LogP) is 0.982. The first kappa shape index (κ1) is 14.0. The highest BCUT2D eigenvalue weighted by Crippen LogP contribution is 2.32. The van der Waals surface area contributed by atoms with Crippen molar-refractivity contribution in [1.82, 2.24) is 4.90 Å². The molecular formula is C12H21NO4. The van der Waals surface area contributed by atoms with Crippen molar-refractivity contribution in [1.29, 1.82) is 0 Å². The van der Waals surface area contributed by atoms with Crippen LogP contribution in [0.2, 0.25) is 0 Å². The molecule has 0 aromatic rings. The Hall–Kier alpha value is -1.10. The van der Waals surface area contributed by atoms with Crippen LogP contribution >= 0.6 is 0 Å². The van der Waals surface area contributed by atoms with Crippen molar-refractivity contribution in [3.05, 3.63) is 0 Å². The maximum atomic E-state index is 12.2. The minimum atomic E-state index is -0.972. The molecule has 0 spiro atoms. The Bertz CT molecular complexity index is 280. The van der Waals surface area contributed by atoms with Gasteiger partial charge in [-0.1, -0.05) is 13.3 Å². The van der Waals surface area contributed by atoms with Gasteiger partial charge in [0, 0.05) is 19.6 Å². The van der Waals surface area contributed by atoms with E-state index in [-0.39, 0.29) is 18.4 Å². The first-order valence-electron chi connectivity index (χ1n) is 6.05. The van der Waals surface area contributed by atoms with Crippen LogP contribution in [-0.4, -0.2) is 48.7 Å². The summed E-state index contributed by atoms with van der Waals surface area (Å²) >= 11 is 0. The van der Waals surface area contributed by atoms with Gasteiger partial charge in [0.2, 0.25) is 5.91 Å². The Morgan fingerprint density at radius 1 is 1.41 bits per heavy atom. The average Bonchev–Trinajstić information content (AvgIpc) is 2.69. The van der Waals surface area contributed by atoms with E-state index < -0.39 is 5.97 Å². The van der Waals surface area contributed by atoms with Gasteiger partial charge in [-0.05, 0) is 18.8 Å². The summed E-state index contributed by atoms with van der Waals surface area (Å²) in [6.45, 7) is 2.56. The van der Waals surface area contributed by atoms with Crippen molar-refractivity contribution in [3.63, 3.8) is 0 Å². The van der Waals surface area contributed by atoms with Crippen LogP contribution in [0, 0.1) is 11.8 Å². The summed E-state index contributed by atoms with van der Waals surface area (Å²) in [7, 11) is 1.54. The third-order valence-corrected chi connectivity index (χ3v) is 3.38. The van der Waals surface area contributed by atoms with Crippen LogP contribution in [0.3, 0.4) is 0 Å². The van der Waals surface area contributed by atoms with Crippen molar-refractivity contribution in [3.8, 4) is 0 Å². The minimum absolute atomic E-state index is 0.00814. The van der Waals surface area contributed by atoms with Gasteiger partial charge >= 0.3 is 5.97 Å². The Morgan fingerprint density at radius 3 is 2.59 bits per heavy atom. The Morgan fingerprint density at radius 2 is 2.12 bits per heavy atom. The predicted molar refractivity (Wildman–Crippen MR) is 62.6 cm³/mol. The lowest BCUT2D eigenvalue weighted by molar-refractivity contribution is -0.147. The van der Waals surface area contributed by atoms with Crippen LogP contribution < -0.4 is 0 Å². The summed E-state index contributed by atoms with van der Waals surface area (Å²) in [5, 5.41) is 8.81. The minimum Gasteiger partial charge on any atom is -0.480 e. The lowest BCUT2D eigenvalue weighted by Crippen LogP contribution is -2.42. The van der Waals surface area contributed by atoms with Crippen LogP contribution in [0.5, 0.6) is 0 Å². The summed E-state index contributed by atoms with van der Waals surface area (Å²) in [5.41, 5.74) is 0. The third kappa shape index (κ3) is 4.00. The highest BCUT2D eigenvalue weighted by atomic mass is 16.5. The Labute approximate surface area is 102 Å². The second-order valence-electron chi connectivity index (χ2n) is 4.66. The molecule has 0 radical (unpaired) electrons. The van der Waals surface area contributed by atoms with E-state index in [2.05, 4.69) is 6.92 Å². The highest BCUT2D eigenvalue weighted by molar-refractivity contribution is 5.83. The third-order valence-electron chi connectivity index (χ3n) is 3.38. The first-order valence-corrected chi connectivity index (χ1v) is 6.05. The average molecular weight is 243 g/mol. The largest absolute Gasteiger partial charge is 0.480 e. The molecule has 5 nitrogen and oxygen atoms in total. The van der Waals surface area contributed by atoms with Gasteiger partial charge in [0.05, 0.1) is 6.61 Å². The molecule has 5 heteroatoms. The highest BCUT2D eigenvalue weighted by Gasteiger charge is 2.33. The number of carboxylic acid groups (broad SMARTS) is 1. The molecule has 2 unspecified atom stereocenters. The van der Waals surface area contributed by atoms with Gasteiger partial charge in [0.1, 0.15) is 6.54 Å². The molecule has 0 saturated heterocycles. The molecule has 98 valence electrons. The molecule has 0 bridgehead atoms. The summed E-state index contributed by atoms with van der Waals surface area (Å²) in [6.07, 6.45) is 2.99. The van der Waals surface area contributed by atoms with Gasteiger partial charge < -0.3 is 14.7 Å². The number of amides is 1. The fraction of sp³-hybridized carbons (Fsp3) is 0.833. The van der Waals surface area contributed by atoms with Crippen LogP contribution in [0.1, 0.15) is 26.2 Å². The quantitative estimate of drug-likeness (QED) is 0.755. The standard InChI is InChI=1S/C12H21NO4/c1-9-4-3-5-10(9)12(16)13(6-7-17-2)8-11(14)15/h9-10H,3-8H2,1-2H3,(H,14,15). The van der Waals surface area contributed by atoms with Gasteiger partial charge in [0.25, 0.3) is 0 Å². The number of ether oxygens (including phenoxy) is 1. The molecule has 0 aliphatic heterocycles. The van der Waals surface area contributed by atoms with E-state index in [1.54, 1.807) is 7.11 Å². The number of carbonyl (C=O) groups is 2. The lowest BCUT2D eigenvalue weighted by Gasteiger charge is -2.25. The fourth-order valence-electron chi connectivity index (χ4n) is 2.38. The van der Waals surface area contributed by atoms with Crippen LogP contribution in [0.4, 0.5) is 0 Å². The molecular weight excluding hydrogens is 222 g/mol. The van der Waals surface area contributed by atoms with Gasteiger partial charge in [-0.25, -0.2) is 0 Å². The summed E-state index contributed by atoms with van der Waals surface area (Å²) in [6, 6.07) is 0. The fourth-order valence-corrected chi connectivity index (χ4v) is 2.38. The zero-order chi connectivity index (χ0) is 12.8. The van der Waals surface area contributed by atoms with Gasteiger partial charge in [0.15, 0.2) is 0 Å². The Balaban J connectivity index is 2.60. The molecule has 1 fully saturated rings. The smallest absolute Gasteiger partial charge is 0.323 e. The summed E-state index contributed by atoms with van der Waals surface area (Å²) < 4.78 is 4.91. The van der Waals surface area contributed by atoms with Crippen LogP contribution in [-0.2, 0) is 14.3 Å². The molecule has 1 amide bonds. The number of rotatable bonds is 6. The van der Waals surface area contributed by atoms with E-state index in [0.29, 0.717) is 19.1 Å². The maximum absolute atomic E-state index is 12.2. The molecule has 0 aromatic carbocycles. The van der Waals surface area contributed by atoms with E-state index in [0.717, 1.165) is 19.3 Å². The van der Waals surface area contributed by atoms with E-state index >= 15 is 0 Å². The molecule has 1 aliphatic rings. The van der Waals surface area contributed by atoms with E-state index in [9.17, 15) is 9.59 Å². The van der Waals surface area contributed by atoms with E-state index in [1.807, 2.05) is 0 Å². The van der Waals surface area contributed by atoms with Crippen molar-refractivity contribution < 1.29 is 19.4 Å². The number of aliphatic carboxylic acids is 1. The number of carbonyl (C=O) groups excluding carboxylic acids is 1.